The Bertz CT molecular complexity index is 449. The van der Waals surface area contributed by atoms with Gasteiger partial charge in [0.2, 0.25) is 0 Å². The van der Waals surface area contributed by atoms with Gasteiger partial charge in [0, 0.05) is 18.2 Å². The number of para-hydroxylation sites is 1. The molecule has 0 amide bonds. The Labute approximate surface area is 122 Å². The highest BCUT2D eigenvalue weighted by Crippen LogP contribution is 2.24. The van der Waals surface area contributed by atoms with Gasteiger partial charge in [0.15, 0.2) is 0 Å². The van der Waals surface area contributed by atoms with Crippen LogP contribution in [0.5, 0.6) is 5.75 Å². The molecule has 0 bridgehead atoms. The minimum Gasteiger partial charge on any atom is -0.481 e. The molecule has 1 fully saturated rings. The van der Waals surface area contributed by atoms with E-state index in [1.54, 1.807) is 0 Å². The highest BCUT2D eigenvalue weighted by Gasteiger charge is 2.19. The Balaban J connectivity index is 1.94. The molecule has 1 aliphatic rings. The third-order valence-electron chi connectivity index (χ3n) is 4.20. The predicted octanol–water partition coefficient (Wildman–Crippen LogP) is 3.76. The number of hydrogen-bond acceptors (Lipinski definition) is 2. The van der Waals surface area contributed by atoms with Crippen LogP contribution >= 0.6 is 0 Å². The minimum atomic E-state index is 0.330. The summed E-state index contributed by atoms with van der Waals surface area (Å²) in [6.45, 7) is 3.55. The first-order chi connectivity index (χ1) is 9.81. The summed E-state index contributed by atoms with van der Waals surface area (Å²) in [5.41, 5.74) is 1.19. The van der Waals surface area contributed by atoms with Crippen molar-refractivity contribution < 1.29 is 4.74 Å². The molecule has 0 spiro atoms. The Morgan fingerprint density at radius 2 is 2.05 bits per heavy atom. The van der Waals surface area contributed by atoms with Crippen molar-refractivity contribution in [2.45, 2.75) is 51.6 Å². The molecular weight excluding hydrogens is 246 g/mol. The maximum absolute atomic E-state index is 5.60. The molecular formula is C18H25NO. The number of nitrogens with one attached hydrogen (secondary N) is 1. The van der Waals surface area contributed by atoms with Crippen LogP contribution < -0.4 is 10.1 Å². The number of terminal acetylenes is 1. The molecule has 1 aromatic carbocycles. The highest BCUT2D eigenvalue weighted by atomic mass is 16.5. The number of benzene rings is 1. The summed E-state index contributed by atoms with van der Waals surface area (Å²) < 4.78 is 5.60. The van der Waals surface area contributed by atoms with E-state index < -0.39 is 0 Å². The summed E-state index contributed by atoms with van der Waals surface area (Å²) in [4.78, 5) is 0. The first-order valence-corrected chi connectivity index (χ1v) is 7.69. The molecule has 20 heavy (non-hydrogen) atoms. The van der Waals surface area contributed by atoms with E-state index in [2.05, 4.69) is 30.3 Å². The third-order valence-corrected chi connectivity index (χ3v) is 4.20. The quantitative estimate of drug-likeness (QED) is 0.650. The average molecular weight is 271 g/mol. The average Bonchev–Trinajstić information content (AvgIpc) is 2.68. The topological polar surface area (TPSA) is 21.3 Å². The lowest BCUT2D eigenvalue weighted by atomic mass is 9.97. The standard InChI is InChI=1S/C18H25NO/c1-3-13-20-18-12-8-7-10-16(18)14-19-17-11-6-4-5-9-15(17)2/h1,7-8,10,12,15,17,19H,4-6,9,11,13-14H2,2H3. The van der Waals surface area contributed by atoms with Crippen molar-refractivity contribution >= 4 is 0 Å². The fourth-order valence-corrected chi connectivity index (χ4v) is 2.95. The second-order valence-corrected chi connectivity index (χ2v) is 5.70. The normalized spacial score (nSPS) is 22.8. The monoisotopic (exact) mass is 271 g/mol. The van der Waals surface area contributed by atoms with Crippen LogP contribution in [-0.2, 0) is 6.54 Å². The van der Waals surface area contributed by atoms with Gasteiger partial charge in [-0.1, -0.05) is 50.3 Å². The zero-order valence-corrected chi connectivity index (χ0v) is 12.4. The van der Waals surface area contributed by atoms with Crippen molar-refractivity contribution in [3.63, 3.8) is 0 Å². The zero-order valence-electron chi connectivity index (χ0n) is 12.4. The Kier molecular flexibility index (Phi) is 5.95. The summed E-state index contributed by atoms with van der Waals surface area (Å²) in [6, 6.07) is 8.77. The molecule has 0 heterocycles. The lowest BCUT2D eigenvalue weighted by Crippen LogP contribution is -2.33. The van der Waals surface area contributed by atoms with Gasteiger partial charge in [-0.3, -0.25) is 0 Å². The van der Waals surface area contributed by atoms with Crippen LogP contribution in [0.1, 0.15) is 44.6 Å². The van der Waals surface area contributed by atoms with E-state index in [1.807, 2.05) is 12.1 Å². The first kappa shape index (κ1) is 14.9. The molecule has 0 saturated heterocycles. The van der Waals surface area contributed by atoms with Crippen LogP contribution in [0.25, 0.3) is 0 Å². The lowest BCUT2D eigenvalue weighted by Gasteiger charge is -2.23. The Hall–Kier alpha value is -1.46. The number of hydrogen-bond donors (Lipinski definition) is 1. The van der Waals surface area contributed by atoms with Crippen LogP contribution in [0.15, 0.2) is 24.3 Å². The molecule has 2 atom stereocenters. The van der Waals surface area contributed by atoms with E-state index in [1.165, 1.54) is 37.7 Å². The van der Waals surface area contributed by atoms with Gasteiger partial charge in [0.1, 0.15) is 12.4 Å². The molecule has 1 saturated carbocycles. The molecule has 0 radical (unpaired) electrons. The molecule has 2 nitrogen and oxygen atoms in total. The second-order valence-electron chi connectivity index (χ2n) is 5.70. The van der Waals surface area contributed by atoms with Crippen molar-refractivity contribution in [3.8, 4) is 18.1 Å². The lowest BCUT2D eigenvalue weighted by molar-refractivity contribution is 0.343. The van der Waals surface area contributed by atoms with Crippen molar-refractivity contribution in [1.29, 1.82) is 0 Å². The van der Waals surface area contributed by atoms with Gasteiger partial charge in [-0.2, -0.15) is 0 Å². The second kappa shape index (κ2) is 7.97. The minimum absolute atomic E-state index is 0.330. The molecule has 1 N–H and O–H groups in total. The van der Waals surface area contributed by atoms with Gasteiger partial charge >= 0.3 is 0 Å². The van der Waals surface area contributed by atoms with Crippen molar-refractivity contribution in [3.05, 3.63) is 29.8 Å². The van der Waals surface area contributed by atoms with Crippen LogP contribution in [0.2, 0.25) is 0 Å². The zero-order chi connectivity index (χ0) is 14.2. The maximum atomic E-state index is 5.60. The summed E-state index contributed by atoms with van der Waals surface area (Å²) in [7, 11) is 0. The first-order valence-electron chi connectivity index (χ1n) is 7.69. The predicted molar refractivity (Wildman–Crippen MR) is 83.6 cm³/mol. The largest absolute Gasteiger partial charge is 0.481 e. The van der Waals surface area contributed by atoms with Gasteiger partial charge in [-0.25, -0.2) is 0 Å². The van der Waals surface area contributed by atoms with Gasteiger partial charge in [0.05, 0.1) is 0 Å². The Morgan fingerprint density at radius 1 is 1.25 bits per heavy atom. The highest BCUT2D eigenvalue weighted by molar-refractivity contribution is 5.33. The number of ether oxygens (including phenoxy) is 1. The Morgan fingerprint density at radius 3 is 2.90 bits per heavy atom. The third kappa shape index (κ3) is 4.28. The molecule has 2 heteroatoms. The van der Waals surface area contributed by atoms with E-state index in [0.29, 0.717) is 12.6 Å². The van der Waals surface area contributed by atoms with Gasteiger partial charge < -0.3 is 10.1 Å². The molecule has 2 rings (SSSR count). The van der Waals surface area contributed by atoms with Crippen molar-refractivity contribution in [1.82, 2.24) is 5.32 Å². The van der Waals surface area contributed by atoms with E-state index in [4.69, 9.17) is 11.2 Å². The van der Waals surface area contributed by atoms with E-state index in [9.17, 15) is 0 Å². The fourth-order valence-electron chi connectivity index (χ4n) is 2.95. The fraction of sp³-hybridized carbons (Fsp3) is 0.556. The molecule has 1 aromatic rings. The SMILES string of the molecule is C#CCOc1ccccc1CNC1CCCCCC1C. The summed E-state index contributed by atoms with van der Waals surface area (Å²) in [5.74, 6) is 4.18. The maximum Gasteiger partial charge on any atom is 0.148 e. The molecule has 1 aliphatic carbocycles. The molecule has 2 unspecified atom stereocenters. The summed E-state index contributed by atoms with van der Waals surface area (Å²) in [6.07, 6.45) is 12.0. The molecule has 0 aliphatic heterocycles. The van der Waals surface area contributed by atoms with E-state index >= 15 is 0 Å². The van der Waals surface area contributed by atoms with E-state index in [-0.39, 0.29) is 0 Å². The van der Waals surface area contributed by atoms with Crippen LogP contribution in [0, 0.1) is 18.3 Å². The molecule has 0 aromatic heterocycles. The van der Waals surface area contributed by atoms with Gasteiger partial charge in [0.25, 0.3) is 0 Å². The van der Waals surface area contributed by atoms with Gasteiger partial charge in [-0.15, -0.1) is 6.42 Å². The molecule has 108 valence electrons. The van der Waals surface area contributed by atoms with Gasteiger partial charge in [-0.05, 0) is 24.8 Å². The van der Waals surface area contributed by atoms with Crippen LogP contribution in [0.3, 0.4) is 0 Å². The van der Waals surface area contributed by atoms with Crippen molar-refractivity contribution in [2.75, 3.05) is 6.61 Å². The summed E-state index contributed by atoms with van der Waals surface area (Å²) in [5, 5.41) is 3.71. The van der Waals surface area contributed by atoms with Crippen LogP contribution in [0.4, 0.5) is 0 Å². The van der Waals surface area contributed by atoms with Crippen molar-refractivity contribution in [2.24, 2.45) is 5.92 Å². The smallest absolute Gasteiger partial charge is 0.148 e. The van der Waals surface area contributed by atoms with Crippen LogP contribution in [-0.4, -0.2) is 12.6 Å². The summed E-state index contributed by atoms with van der Waals surface area (Å²) >= 11 is 0. The van der Waals surface area contributed by atoms with E-state index in [0.717, 1.165) is 18.2 Å². The number of rotatable bonds is 5.